The van der Waals surface area contributed by atoms with E-state index in [0.29, 0.717) is 13.1 Å². The number of carbonyl (C=O) groups is 3. The highest BCUT2D eigenvalue weighted by Gasteiger charge is 2.25. The molecule has 1 aromatic rings. The number of hydrogen-bond acceptors (Lipinski definition) is 4. The first-order chi connectivity index (χ1) is 14.0. The van der Waals surface area contributed by atoms with Gasteiger partial charge in [0.15, 0.2) is 0 Å². The molecule has 2 aliphatic rings. The lowest BCUT2D eigenvalue weighted by atomic mass is 9.85. The summed E-state index contributed by atoms with van der Waals surface area (Å²) in [7, 11) is 1.64. The van der Waals surface area contributed by atoms with E-state index >= 15 is 0 Å². The van der Waals surface area contributed by atoms with Crippen molar-refractivity contribution in [2.24, 2.45) is 5.92 Å². The van der Waals surface area contributed by atoms with Crippen LogP contribution in [0, 0.1) is 5.92 Å². The SMILES string of the molecule is CNC(=O)CN1CCC(NC(=O)NCc2cccc(NC(=O)C3CCC3)c2)CC1. The van der Waals surface area contributed by atoms with Gasteiger partial charge in [0, 0.05) is 44.3 Å². The smallest absolute Gasteiger partial charge is 0.315 e. The first-order valence-corrected chi connectivity index (χ1v) is 10.4. The van der Waals surface area contributed by atoms with Crippen molar-refractivity contribution < 1.29 is 14.4 Å². The van der Waals surface area contributed by atoms with Crippen LogP contribution in [-0.4, -0.2) is 55.5 Å². The number of benzene rings is 1. The van der Waals surface area contributed by atoms with Crippen LogP contribution in [0.4, 0.5) is 10.5 Å². The lowest BCUT2D eigenvalue weighted by Crippen LogP contribution is -2.49. The number of nitrogens with zero attached hydrogens (tertiary/aromatic N) is 1. The highest BCUT2D eigenvalue weighted by atomic mass is 16.2. The Labute approximate surface area is 171 Å². The van der Waals surface area contributed by atoms with E-state index in [4.69, 9.17) is 0 Å². The first-order valence-electron chi connectivity index (χ1n) is 10.4. The second kappa shape index (κ2) is 10.2. The number of carbonyl (C=O) groups excluding carboxylic acids is 3. The van der Waals surface area contributed by atoms with Crippen LogP contribution in [0.1, 0.15) is 37.7 Å². The molecular formula is C21H31N5O3. The zero-order chi connectivity index (χ0) is 20.6. The standard InChI is InChI=1S/C21H31N5O3/c1-22-19(27)14-26-10-8-17(9-11-26)25-21(29)23-13-15-4-2-7-18(12-15)24-20(28)16-5-3-6-16/h2,4,7,12,16-17H,3,5-6,8-11,13-14H2,1H3,(H,22,27)(H,24,28)(H2,23,25,29). The number of nitrogens with one attached hydrogen (secondary N) is 4. The second-order valence-electron chi connectivity index (χ2n) is 7.87. The Morgan fingerprint density at radius 3 is 2.52 bits per heavy atom. The predicted molar refractivity (Wildman–Crippen MR) is 111 cm³/mol. The van der Waals surface area contributed by atoms with E-state index in [1.165, 1.54) is 0 Å². The molecule has 158 valence electrons. The van der Waals surface area contributed by atoms with Crippen LogP contribution in [0.2, 0.25) is 0 Å². The van der Waals surface area contributed by atoms with Crippen LogP contribution in [-0.2, 0) is 16.1 Å². The van der Waals surface area contributed by atoms with Crippen LogP contribution in [0.25, 0.3) is 0 Å². The average Bonchev–Trinajstić information content (AvgIpc) is 2.66. The fourth-order valence-corrected chi connectivity index (χ4v) is 3.61. The maximum absolute atomic E-state index is 12.2. The molecule has 1 saturated carbocycles. The number of anilines is 1. The van der Waals surface area contributed by atoms with E-state index in [-0.39, 0.29) is 29.8 Å². The van der Waals surface area contributed by atoms with Crippen molar-refractivity contribution >= 4 is 23.5 Å². The van der Waals surface area contributed by atoms with Crippen molar-refractivity contribution in [2.75, 3.05) is 32.0 Å². The summed E-state index contributed by atoms with van der Waals surface area (Å²) in [6.07, 6.45) is 4.72. The zero-order valence-corrected chi connectivity index (χ0v) is 17.0. The van der Waals surface area contributed by atoms with Gasteiger partial charge in [-0.05, 0) is 43.4 Å². The molecule has 1 aromatic carbocycles. The largest absolute Gasteiger partial charge is 0.358 e. The van der Waals surface area contributed by atoms with E-state index in [0.717, 1.165) is 56.4 Å². The summed E-state index contributed by atoms with van der Waals surface area (Å²) < 4.78 is 0. The molecule has 0 aromatic heterocycles. The molecule has 4 amide bonds. The van der Waals surface area contributed by atoms with Gasteiger partial charge in [0.2, 0.25) is 11.8 Å². The normalized spacial score (nSPS) is 17.8. The first kappa shape index (κ1) is 21.1. The van der Waals surface area contributed by atoms with E-state index < -0.39 is 0 Å². The molecule has 0 unspecified atom stereocenters. The molecule has 0 atom stereocenters. The van der Waals surface area contributed by atoms with Crippen LogP contribution in [0.5, 0.6) is 0 Å². The molecular weight excluding hydrogens is 370 g/mol. The summed E-state index contributed by atoms with van der Waals surface area (Å²) in [6.45, 7) is 2.39. The Balaban J connectivity index is 1.38. The quantitative estimate of drug-likeness (QED) is 0.555. The molecule has 8 nitrogen and oxygen atoms in total. The van der Waals surface area contributed by atoms with Crippen LogP contribution in [0.15, 0.2) is 24.3 Å². The molecule has 1 aliphatic carbocycles. The molecule has 4 N–H and O–H groups in total. The summed E-state index contributed by atoms with van der Waals surface area (Å²) in [5.74, 6) is 0.243. The minimum absolute atomic E-state index is 0.0141. The summed E-state index contributed by atoms with van der Waals surface area (Å²) in [6, 6.07) is 7.49. The van der Waals surface area contributed by atoms with Crippen molar-refractivity contribution in [1.29, 1.82) is 0 Å². The van der Waals surface area contributed by atoms with Gasteiger partial charge in [-0.15, -0.1) is 0 Å². The van der Waals surface area contributed by atoms with Crippen molar-refractivity contribution in [3.63, 3.8) is 0 Å². The molecule has 1 aliphatic heterocycles. The number of likely N-dealkylation sites (tertiary alicyclic amines) is 1. The van der Waals surface area contributed by atoms with Gasteiger partial charge >= 0.3 is 6.03 Å². The maximum atomic E-state index is 12.2. The van der Waals surface area contributed by atoms with Gasteiger partial charge in [-0.1, -0.05) is 18.6 Å². The molecule has 0 bridgehead atoms. The van der Waals surface area contributed by atoms with Crippen LogP contribution >= 0.6 is 0 Å². The van der Waals surface area contributed by atoms with Crippen molar-refractivity contribution in [3.8, 4) is 0 Å². The van der Waals surface area contributed by atoms with Gasteiger partial charge in [0.25, 0.3) is 0 Å². The lowest BCUT2D eigenvalue weighted by molar-refractivity contribution is -0.122. The molecule has 1 heterocycles. The third-order valence-electron chi connectivity index (χ3n) is 5.69. The van der Waals surface area contributed by atoms with Gasteiger partial charge in [-0.2, -0.15) is 0 Å². The Morgan fingerprint density at radius 1 is 1.10 bits per heavy atom. The molecule has 0 spiro atoms. The molecule has 2 fully saturated rings. The second-order valence-corrected chi connectivity index (χ2v) is 7.87. The van der Waals surface area contributed by atoms with Crippen molar-refractivity contribution in [2.45, 2.75) is 44.7 Å². The Kier molecular flexibility index (Phi) is 7.46. The van der Waals surface area contributed by atoms with Gasteiger partial charge in [-0.25, -0.2) is 4.79 Å². The zero-order valence-electron chi connectivity index (χ0n) is 17.0. The number of urea groups is 1. The highest BCUT2D eigenvalue weighted by molar-refractivity contribution is 5.93. The number of likely N-dealkylation sites (N-methyl/N-ethyl adjacent to an activating group) is 1. The van der Waals surface area contributed by atoms with E-state index in [1.807, 2.05) is 24.3 Å². The van der Waals surface area contributed by atoms with Crippen LogP contribution in [0.3, 0.4) is 0 Å². The minimum atomic E-state index is -0.196. The van der Waals surface area contributed by atoms with Gasteiger partial charge in [0.05, 0.1) is 6.54 Å². The Morgan fingerprint density at radius 2 is 1.86 bits per heavy atom. The molecule has 3 rings (SSSR count). The number of piperidine rings is 1. The lowest BCUT2D eigenvalue weighted by Gasteiger charge is -2.31. The topological polar surface area (TPSA) is 103 Å². The summed E-state index contributed by atoms with van der Waals surface area (Å²) >= 11 is 0. The summed E-state index contributed by atoms with van der Waals surface area (Å²) in [5, 5.41) is 11.5. The summed E-state index contributed by atoms with van der Waals surface area (Å²) in [5.41, 5.74) is 1.71. The third-order valence-corrected chi connectivity index (χ3v) is 5.69. The van der Waals surface area contributed by atoms with Gasteiger partial charge in [-0.3, -0.25) is 14.5 Å². The van der Waals surface area contributed by atoms with E-state index in [9.17, 15) is 14.4 Å². The number of amides is 4. The van der Waals surface area contributed by atoms with Crippen molar-refractivity contribution in [1.82, 2.24) is 20.9 Å². The van der Waals surface area contributed by atoms with Gasteiger partial charge < -0.3 is 21.3 Å². The van der Waals surface area contributed by atoms with E-state index in [1.54, 1.807) is 7.05 Å². The van der Waals surface area contributed by atoms with Gasteiger partial charge in [0.1, 0.15) is 0 Å². The van der Waals surface area contributed by atoms with Crippen LogP contribution < -0.4 is 21.3 Å². The van der Waals surface area contributed by atoms with E-state index in [2.05, 4.69) is 26.2 Å². The average molecular weight is 402 g/mol. The fourth-order valence-electron chi connectivity index (χ4n) is 3.61. The third kappa shape index (κ3) is 6.45. The Hall–Kier alpha value is -2.61. The minimum Gasteiger partial charge on any atom is -0.358 e. The fraction of sp³-hybridized carbons (Fsp3) is 0.571. The maximum Gasteiger partial charge on any atom is 0.315 e. The van der Waals surface area contributed by atoms with Crippen molar-refractivity contribution in [3.05, 3.63) is 29.8 Å². The number of hydrogen-bond donors (Lipinski definition) is 4. The molecule has 0 radical (unpaired) electrons. The monoisotopic (exact) mass is 401 g/mol. The molecule has 8 heteroatoms. The Bertz CT molecular complexity index is 727. The predicted octanol–water partition coefficient (Wildman–Crippen LogP) is 1.43. The molecule has 29 heavy (non-hydrogen) atoms. The molecule has 1 saturated heterocycles. The number of rotatable bonds is 7. The highest BCUT2D eigenvalue weighted by Crippen LogP contribution is 2.27. The summed E-state index contributed by atoms with van der Waals surface area (Å²) in [4.78, 5) is 37.8.